The molecule has 2 aromatic heterocycles. The van der Waals surface area contributed by atoms with Gasteiger partial charge in [-0.25, -0.2) is 8.42 Å². The van der Waals surface area contributed by atoms with Crippen molar-refractivity contribution in [3.8, 4) is 11.4 Å². The first-order valence-corrected chi connectivity index (χ1v) is 15.4. The van der Waals surface area contributed by atoms with Gasteiger partial charge in [-0.2, -0.15) is 19.2 Å². The van der Waals surface area contributed by atoms with Crippen molar-refractivity contribution in [1.29, 1.82) is 0 Å². The van der Waals surface area contributed by atoms with Crippen molar-refractivity contribution < 1.29 is 18.1 Å². The van der Waals surface area contributed by atoms with Crippen LogP contribution in [0.15, 0.2) is 53.6 Å². The maximum Gasteiger partial charge on any atom is 0.316 e. The van der Waals surface area contributed by atoms with E-state index in [2.05, 4.69) is 22.2 Å². The van der Waals surface area contributed by atoms with Crippen molar-refractivity contribution in [3.05, 3.63) is 79.8 Å². The van der Waals surface area contributed by atoms with Gasteiger partial charge < -0.3 is 9.64 Å². The molecular weight excluding hydrogens is 586 g/mol. The number of piperazine rings is 1. The van der Waals surface area contributed by atoms with Crippen LogP contribution >= 0.6 is 11.6 Å². The summed E-state index contributed by atoms with van der Waals surface area (Å²) in [5, 5.41) is 23.6. The zero-order valence-corrected chi connectivity index (χ0v) is 24.3. The van der Waals surface area contributed by atoms with Crippen molar-refractivity contribution in [1.82, 2.24) is 24.3 Å². The quantitative estimate of drug-likeness (QED) is 0.220. The Morgan fingerprint density at radius 1 is 1.14 bits per heavy atom. The Morgan fingerprint density at radius 3 is 2.60 bits per heavy atom. The predicted molar refractivity (Wildman–Crippen MR) is 157 cm³/mol. The van der Waals surface area contributed by atoms with E-state index in [-0.39, 0.29) is 54.1 Å². The molecule has 4 aromatic rings. The van der Waals surface area contributed by atoms with E-state index in [1.54, 1.807) is 36.5 Å². The number of benzene rings is 2. The molecule has 0 spiro atoms. The first-order valence-electron chi connectivity index (χ1n) is 13.4. The summed E-state index contributed by atoms with van der Waals surface area (Å²) < 4.78 is 35.4. The number of nitro benzene ring substituents is 1. The number of H-pyrrole nitrogens is 1. The molecule has 0 amide bonds. The van der Waals surface area contributed by atoms with Gasteiger partial charge in [-0.1, -0.05) is 36.7 Å². The zero-order valence-electron chi connectivity index (χ0n) is 22.7. The number of ether oxygens (including phenoxy) is 1. The minimum atomic E-state index is -3.89. The smallest absolute Gasteiger partial charge is 0.316 e. The second-order valence-electron chi connectivity index (χ2n) is 11.0. The van der Waals surface area contributed by atoms with Gasteiger partial charge in [-0.3, -0.25) is 20.0 Å². The van der Waals surface area contributed by atoms with Crippen molar-refractivity contribution in [2.75, 3.05) is 37.7 Å². The fourth-order valence-electron chi connectivity index (χ4n) is 5.05. The minimum absolute atomic E-state index is 0.0163. The maximum atomic E-state index is 13.6. The molecule has 1 aliphatic heterocycles. The van der Waals surface area contributed by atoms with Crippen LogP contribution in [0.2, 0.25) is 5.02 Å². The van der Waals surface area contributed by atoms with Crippen LogP contribution in [-0.2, 0) is 15.8 Å². The molecule has 1 aliphatic carbocycles. The molecule has 0 radical (unpaired) electrons. The number of aromatic amines is 1. The van der Waals surface area contributed by atoms with Crippen LogP contribution in [0.5, 0.6) is 5.75 Å². The summed E-state index contributed by atoms with van der Waals surface area (Å²) in [4.78, 5) is 26.7. The molecule has 0 bridgehead atoms. The largest absolute Gasteiger partial charge is 0.486 e. The highest BCUT2D eigenvalue weighted by molar-refractivity contribution is 7.88. The number of nitrogens with zero attached hydrogens (tertiary/aromatic N) is 6. The average Bonchev–Trinajstić information content (AvgIpc) is 3.50. The summed E-state index contributed by atoms with van der Waals surface area (Å²) >= 11 is 6.14. The van der Waals surface area contributed by atoms with E-state index in [0.29, 0.717) is 28.4 Å². The molecule has 1 saturated heterocycles. The number of fused-ring (bicyclic) bond motifs is 1. The third kappa shape index (κ3) is 5.44. The van der Waals surface area contributed by atoms with Crippen LogP contribution in [0, 0.1) is 15.5 Å². The number of anilines is 1. The molecule has 6 rings (SSSR count). The normalized spacial score (nSPS) is 17.0. The van der Waals surface area contributed by atoms with E-state index >= 15 is 0 Å². The molecule has 1 N–H and O–H groups in total. The van der Waals surface area contributed by atoms with Crippen LogP contribution in [0.4, 0.5) is 11.4 Å². The van der Waals surface area contributed by atoms with E-state index in [0.717, 1.165) is 12.8 Å². The van der Waals surface area contributed by atoms with Crippen LogP contribution in [-0.4, -0.2) is 70.4 Å². The number of hydrogen-bond donors (Lipinski definition) is 1. The Balaban J connectivity index is 1.23. The van der Waals surface area contributed by atoms with E-state index in [1.165, 1.54) is 21.3 Å². The third-order valence-corrected chi connectivity index (χ3v) is 9.87. The zero-order chi connectivity index (χ0) is 29.6. The number of sulfonamides is 1. The van der Waals surface area contributed by atoms with Gasteiger partial charge in [0.05, 0.1) is 35.4 Å². The molecule has 2 aromatic carbocycles. The van der Waals surface area contributed by atoms with Crippen LogP contribution in [0.25, 0.3) is 16.6 Å². The second kappa shape index (κ2) is 10.7. The molecule has 1 saturated carbocycles. The molecule has 15 heteroatoms. The van der Waals surface area contributed by atoms with Gasteiger partial charge >= 0.3 is 5.56 Å². The Hall–Kier alpha value is -4.01. The topological polar surface area (TPSA) is 157 Å². The number of aromatic nitrogens is 4. The van der Waals surface area contributed by atoms with Crippen molar-refractivity contribution >= 4 is 43.9 Å². The van der Waals surface area contributed by atoms with Gasteiger partial charge in [0.2, 0.25) is 15.8 Å². The molecule has 3 heterocycles. The summed E-state index contributed by atoms with van der Waals surface area (Å²) in [5.41, 5.74) is 0.532. The fraction of sp³-hybridized carbons (Fsp3) is 0.370. The molecule has 42 heavy (non-hydrogen) atoms. The maximum absolute atomic E-state index is 13.6. The third-order valence-electron chi connectivity index (χ3n) is 7.80. The highest BCUT2D eigenvalue weighted by Gasteiger charge is 2.39. The average molecular weight is 614 g/mol. The summed E-state index contributed by atoms with van der Waals surface area (Å²) in [6.07, 6.45) is 5.03. The van der Waals surface area contributed by atoms with Gasteiger partial charge in [-0.05, 0) is 31.0 Å². The number of halogens is 1. The molecule has 0 unspecified atom stereocenters. The number of nitro groups is 1. The van der Waals surface area contributed by atoms with E-state index in [4.69, 9.17) is 16.3 Å². The minimum Gasteiger partial charge on any atom is -0.486 e. The first-order chi connectivity index (χ1) is 20.0. The van der Waals surface area contributed by atoms with Gasteiger partial charge in [0.25, 0.3) is 5.69 Å². The number of rotatable bonds is 9. The Kier molecular flexibility index (Phi) is 7.15. The van der Waals surface area contributed by atoms with Crippen LogP contribution in [0.1, 0.15) is 25.3 Å². The fourth-order valence-corrected chi connectivity index (χ4v) is 6.76. The Morgan fingerprint density at radius 2 is 1.90 bits per heavy atom. The van der Waals surface area contributed by atoms with Crippen LogP contribution in [0.3, 0.4) is 0 Å². The predicted octanol–water partition coefficient (Wildman–Crippen LogP) is 3.50. The van der Waals surface area contributed by atoms with Crippen molar-refractivity contribution in [2.45, 2.75) is 25.5 Å². The lowest BCUT2D eigenvalue weighted by Crippen LogP contribution is -2.49. The summed E-state index contributed by atoms with van der Waals surface area (Å²) in [5.74, 6) is -0.375. The lowest BCUT2D eigenvalue weighted by molar-refractivity contribution is -0.383. The van der Waals surface area contributed by atoms with Crippen LogP contribution < -0.4 is 15.2 Å². The summed E-state index contributed by atoms with van der Waals surface area (Å²) in [6.45, 7) is 3.27. The van der Waals surface area contributed by atoms with Gasteiger partial charge in [-0.15, -0.1) is 0 Å². The van der Waals surface area contributed by atoms with Gasteiger partial charge in [0.15, 0.2) is 0 Å². The van der Waals surface area contributed by atoms with Crippen molar-refractivity contribution in [2.24, 2.45) is 5.41 Å². The molecule has 2 aliphatic rings. The molecule has 13 nitrogen and oxygen atoms in total. The van der Waals surface area contributed by atoms with Gasteiger partial charge in [0, 0.05) is 47.6 Å². The summed E-state index contributed by atoms with van der Waals surface area (Å²) in [6, 6.07) is 9.86. The molecule has 0 atom stereocenters. The van der Waals surface area contributed by atoms with Gasteiger partial charge in [0.1, 0.15) is 11.2 Å². The Labute approximate surface area is 245 Å². The number of nitrogens with one attached hydrogen (secondary N) is 1. The summed E-state index contributed by atoms with van der Waals surface area (Å²) in [7, 11) is -3.89. The lowest BCUT2D eigenvalue weighted by atomic mass is 10.1. The SMILES string of the molecule is CC1(COc2c(N3CCN(S(=O)(=O)Cc4ccc5cn[nH]c5c4[N+](=O)[O-])CC3)cnn(-c3cccc(Cl)c3)c2=O)CC1. The van der Waals surface area contributed by atoms with E-state index in [1.807, 2.05) is 4.90 Å². The first kappa shape index (κ1) is 28.1. The number of hydrogen-bond acceptors (Lipinski definition) is 9. The molecule has 220 valence electrons. The highest BCUT2D eigenvalue weighted by Crippen LogP contribution is 2.45. The Bertz CT molecular complexity index is 1850. The lowest BCUT2D eigenvalue weighted by Gasteiger charge is -2.35. The highest BCUT2D eigenvalue weighted by atomic mass is 35.5. The standard InChI is InChI=1S/C27H28ClN7O6S/c1-27(7-8-27)17-41-25-22(15-30-34(26(25)36)21-4-2-3-20(28)13-21)32-9-11-33(12-10-32)42(39,40)16-19-6-5-18-14-29-31-23(18)24(19)35(37)38/h2-6,13-15H,7-12,16-17H2,1H3,(H,29,31). The van der Waals surface area contributed by atoms with E-state index < -0.39 is 26.3 Å². The molecule has 2 fully saturated rings. The van der Waals surface area contributed by atoms with Crippen molar-refractivity contribution in [3.63, 3.8) is 0 Å². The monoisotopic (exact) mass is 613 g/mol. The second-order valence-corrected chi connectivity index (χ2v) is 13.4. The van der Waals surface area contributed by atoms with E-state index in [9.17, 15) is 23.3 Å². The molecular formula is C27H28ClN7O6S.